The molecule has 5 heterocycles. The van der Waals surface area contributed by atoms with Crippen LogP contribution in [0.1, 0.15) is 0 Å². The summed E-state index contributed by atoms with van der Waals surface area (Å²) in [6.45, 7) is 0. The summed E-state index contributed by atoms with van der Waals surface area (Å²) in [5, 5.41) is 10.3. The molecular formula is C41H24N3OPS2. The van der Waals surface area contributed by atoms with Crippen molar-refractivity contribution in [2.75, 3.05) is 0 Å². The van der Waals surface area contributed by atoms with Crippen molar-refractivity contribution in [3.63, 3.8) is 0 Å². The van der Waals surface area contributed by atoms with E-state index in [1.54, 1.807) is 28.9 Å². The Kier molecular flexibility index (Phi) is 5.51. The number of hydrogen-bond donors (Lipinski definition) is 2. The van der Waals surface area contributed by atoms with Gasteiger partial charge in [0.05, 0.1) is 11.0 Å². The summed E-state index contributed by atoms with van der Waals surface area (Å²) in [5.74, 6) is 0. The van der Waals surface area contributed by atoms with Gasteiger partial charge in [0, 0.05) is 90.0 Å². The van der Waals surface area contributed by atoms with Crippen LogP contribution in [0.3, 0.4) is 0 Å². The summed E-state index contributed by atoms with van der Waals surface area (Å²) in [4.78, 5) is 12.3. The third-order valence-electron chi connectivity index (χ3n) is 9.84. The number of aromatic nitrogens is 3. The highest BCUT2D eigenvalue weighted by Gasteiger charge is 2.23. The Hall–Kier alpha value is -5.26. The molecule has 1 atom stereocenters. The van der Waals surface area contributed by atoms with Crippen LogP contribution in [0.4, 0.5) is 0 Å². The number of H-pyrrole nitrogens is 2. The van der Waals surface area contributed by atoms with E-state index in [9.17, 15) is 0 Å². The van der Waals surface area contributed by atoms with Crippen molar-refractivity contribution < 1.29 is 4.57 Å². The van der Waals surface area contributed by atoms with Crippen LogP contribution in [0.25, 0.3) is 95.1 Å². The van der Waals surface area contributed by atoms with Crippen molar-refractivity contribution in [3.8, 4) is 11.1 Å². The quantitative estimate of drug-likeness (QED) is 0.184. The highest BCUT2D eigenvalue weighted by Crippen LogP contribution is 2.46. The molecule has 1 unspecified atom stereocenters. The first-order chi connectivity index (χ1) is 23.7. The molecular weight excluding hydrogens is 646 g/mol. The molecule has 0 fully saturated rings. The van der Waals surface area contributed by atoms with E-state index in [-0.39, 0.29) is 0 Å². The maximum absolute atomic E-state index is 15.1. The van der Waals surface area contributed by atoms with E-state index < -0.39 is 7.80 Å². The summed E-state index contributed by atoms with van der Waals surface area (Å²) in [5.41, 5.74) is 7.11. The Labute approximate surface area is 282 Å². The van der Waals surface area contributed by atoms with Gasteiger partial charge in [-0.05, 0) is 48.0 Å². The number of pyridine rings is 1. The second-order valence-electron chi connectivity index (χ2n) is 12.4. The molecule has 0 aliphatic rings. The van der Waals surface area contributed by atoms with Crippen LogP contribution in [0.5, 0.6) is 0 Å². The van der Waals surface area contributed by atoms with E-state index in [0.29, 0.717) is 5.44 Å². The zero-order valence-electron chi connectivity index (χ0n) is 25.3. The lowest BCUT2D eigenvalue weighted by molar-refractivity contribution is 0.598. The molecule has 0 spiro atoms. The van der Waals surface area contributed by atoms with Crippen molar-refractivity contribution in [1.29, 1.82) is 0 Å². The third kappa shape index (κ3) is 3.60. The van der Waals surface area contributed by atoms with E-state index in [0.717, 1.165) is 54.0 Å². The van der Waals surface area contributed by atoms with Crippen LogP contribution >= 0.6 is 30.5 Å². The Morgan fingerprint density at radius 3 is 1.73 bits per heavy atom. The number of fused-ring (bicyclic) bond motifs is 14. The maximum atomic E-state index is 15.1. The highest BCUT2D eigenvalue weighted by molar-refractivity contribution is 7.62. The van der Waals surface area contributed by atoms with Gasteiger partial charge in [0.2, 0.25) is 0 Å². The Balaban J connectivity index is 1.18. The van der Waals surface area contributed by atoms with Gasteiger partial charge in [-0.2, -0.15) is 0 Å². The van der Waals surface area contributed by atoms with E-state index in [1.807, 2.05) is 18.2 Å². The molecule has 6 aromatic carbocycles. The Morgan fingerprint density at radius 2 is 1.04 bits per heavy atom. The lowest BCUT2D eigenvalue weighted by atomic mass is 9.99. The molecule has 11 aromatic rings. The first-order valence-corrected chi connectivity index (χ1v) is 19.0. The van der Waals surface area contributed by atoms with Gasteiger partial charge in [0.25, 0.3) is 0 Å². The molecule has 5 aromatic heterocycles. The Morgan fingerprint density at radius 1 is 0.479 bits per heavy atom. The van der Waals surface area contributed by atoms with Crippen LogP contribution in [-0.4, -0.2) is 15.0 Å². The van der Waals surface area contributed by atoms with Crippen molar-refractivity contribution in [1.82, 2.24) is 15.0 Å². The minimum atomic E-state index is -2.54. The number of rotatable bonds is 3. The first-order valence-electron chi connectivity index (χ1n) is 15.9. The molecule has 7 heteroatoms. The van der Waals surface area contributed by atoms with Crippen LogP contribution < -0.4 is 10.7 Å². The number of para-hydroxylation sites is 2. The van der Waals surface area contributed by atoms with Crippen molar-refractivity contribution in [2.45, 2.75) is 0 Å². The fraction of sp³-hybridized carbons (Fsp3) is 0. The average Bonchev–Trinajstić information content (AvgIpc) is 3.90. The number of aromatic amines is 2. The minimum Gasteiger partial charge on any atom is -0.354 e. The molecule has 48 heavy (non-hydrogen) atoms. The second kappa shape index (κ2) is 9.88. The molecule has 226 valence electrons. The van der Waals surface area contributed by atoms with Crippen molar-refractivity contribution >= 4 is 125 Å². The van der Waals surface area contributed by atoms with Gasteiger partial charge in [-0.15, -0.1) is 22.7 Å². The van der Waals surface area contributed by atoms with Crippen LogP contribution in [0.15, 0.2) is 128 Å². The molecule has 0 aliphatic carbocycles. The number of nitrogens with one attached hydrogen (secondary N) is 2. The Bertz CT molecular complexity index is 3160. The lowest BCUT2D eigenvalue weighted by Crippen LogP contribution is -2.13. The number of benzene rings is 6. The number of nitrogens with zero attached hydrogens (tertiary/aromatic N) is 1. The molecule has 0 radical (unpaired) electrons. The van der Waals surface area contributed by atoms with Gasteiger partial charge in [-0.3, -0.25) is 4.98 Å². The number of hydrogen-bond acceptors (Lipinski definition) is 4. The van der Waals surface area contributed by atoms with Crippen LogP contribution in [-0.2, 0) is 4.57 Å². The van der Waals surface area contributed by atoms with Crippen LogP contribution in [0.2, 0.25) is 0 Å². The topological polar surface area (TPSA) is 61.5 Å². The lowest BCUT2D eigenvalue weighted by Gasteiger charge is -2.12. The molecule has 0 saturated carbocycles. The summed E-state index contributed by atoms with van der Waals surface area (Å²) in [7, 11) is -2.54. The zero-order chi connectivity index (χ0) is 31.5. The molecule has 0 bridgehead atoms. The molecule has 4 nitrogen and oxygen atoms in total. The molecule has 0 amide bonds. The maximum Gasteiger partial charge on any atom is 0.150 e. The second-order valence-corrected chi connectivity index (χ2v) is 16.2. The summed E-state index contributed by atoms with van der Waals surface area (Å²) < 4.78 is 19.8. The fourth-order valence-corrected chi connectivity index (χ4v) is 11.8. The normalized spacial score (nSPS) is 13.0. The summed E-state index contributed by atoms with van der Waals surface area (Å²) in [6, 6.07) is 42.6. The average molecular weight is 670 g/mol. The van der Waals surface area contributed by atoms with Gasteiger partial charge >= 0.3 is 0 Å². The van der Waals surface area contributed by atoms with Crippen molar-refractivity contribution in [2.24, 2.45) is 0 Å². The van der Waals surface area contributed by atoms with E-state index in [1.165, 1.54) is 46.4 Å². The SMILES string of the molecule is O=[PH](c1ncccc1-c1cccc2sc3ccc4c5ccccc5[nH]c4c3c12)c1cccc2sc3ccc4c5ccccc5[nH]c4c3c12. The van der Waals surface area contributed by atoms with Gasteiger partial charge in [-0.1, -0.05) is 78.9 Å². The van der Waals surface area contributed by atoms with E-state index in [2.05, 4.69) is 113 Å². The third-order valence-corrected chi connectivity index (χ3v) is 13.8. The largest absolute Gasteiger partial charge is 0.354 e. The fourth-order valence-electron chi connectivity index (χ4n) is 7.80. The zero-order valence-corrected chi connectivity index (χ0v) is 27.9. The highest BCUT2D eigenvalue weighted by atomic mass is 32.1. The van der Waals surface area contributed by atoms with E-state index in [4.69, 9.17) is 4.98 Å². The number of thiophene rings is 2. The van der Waals surface area contributed by atoms with Gasteiger partial charge < -0.3 is 14.5 Å². The summed E-state index contributed by atoms with van der Waals surface area (Å²) in [6.07, 6.45) is 1.78. The predicted molar refractivity (Wildman–Crippen MR) is 209 cm³/mol. The summed E-state index contributed by atoms with van der Waals surface area (Å²) >= 11 is 3.56. The van der Waals surface area contributed by atoms with Gasteiger partial charge in [0.1, 0.15) is 5.44 Å². The molecule has 0 aliphatic heterocycles. The molecule has 2 N–H and O–H groups in total. The van der Waals surface area contributed by atoms with E-state index >= 15 is 4.57 Å². The van der Waals surface area contributed by atoms with Crippen molar-refractivity contribution in [3.05, 3.63) is 128 Å². The smallest absolute Gasteiger partial charge is 0.150 e. The van der Waals surface area contributed by atoms with Crippen LogP contribution in [0, 0.1) is 0 Å². The monoisotopic (exact) mass is 669 g/mol. The van der Waals surface area contributed by atoms with Gasteiger partial charge in [0.15, 0.2) is 7.80 Å². The predicted octanol–water partition coefficient (Wildman–Crippen LogP) is 11.3. The van der Waals surface area contributed by atoms with Gasteiger partial charge in [-0.25, -0.2) is 0 Å². The molecule has 0 saturated heterocycles. The first kappa shape index (κ1) is 26.8. The minimum absolute atomic E-state index is 0.647. The molecule has 11 rings (SSSR count). The standard InChI is InChI=1S/C41H24N3OPS2/c45-46(30-14-6-16-32-36(30)38-34(48-32)20-18-26-23-9-2-4-13-29(23)44-40(26)38)41-27(11-7-21-42-41)24-10-5-15-31-35(24)37-33(47-31)19-17-25-22-8-1-3-12-28(22)43-39(25)37/h1-21,43-44,46H.